The van der Waals surface area contributed by atoms with Gasteiger partial charge in [-0.3, -0.25) is 4.99 Å². The van der Waals surface area contributed by atoms with Crippen LogP contribution in [0.1, 0.15) is 25.1 Å². The molecule has 0 atom stereocenters. The van der Waals surface area contributed by atoms with Gasteiger partial charge in [0.25, 0.3) is 0 Å². The van der Waals surface area contributed by atoms with Crippen LogP contribution < -0.4 is 5.32 Å². The molecule has 3 rings (SSSR count). The van der Waals surface area contributed by atoms with Crippen molar-refractivity contribution in [3.05, 3.63) is 42.4 Å². The third kappa shape index (κ3) is 3.92. The normalized spacial score (nSPS) is 15.3. The summed E-state index contributed by atoms with van der Waals surface area (Å²) in [6.45, 7) is 1.72. The van der Waals surface area contributed by atoms with Crippen molar-refractivity contribution < 1.29 is 0 Å². The van der Waals surface area contributed by atoms with Gasteiger partial charge >= 0.3 is 0 Å². The molecule has 1 heterocycles. The molecule has 0 aliphatic heterocycles. The minimum atomic E-state index is 0.706. The van der Waals surface area contributed by atoms with E-state index < -0.39 is 0 Å². The van der Waals surface area contributed by atoms with E-state index in [2.05, 4.69) is 37.3 Å². The minimum absolute atomic E-state index is 0.706. The summed E-state index contributed by atoms with van der Waals surface area (Å²) < 4.78 is 0. The number of nitrogens with one attached hydrogen (secondary N) is 2. The van der Waals surface area contributed by atoms with Gasteiger partial charge in [0.05, 0.1) is 18.4 Å². The average molecular weight is 311 g/mol. The second-order valence-corrected chi connectivity index (χ2v) is 6.19. The zero-order chi connectivity index (χ0) is 16.1. The van der Waals surface area contributed by atoms with Gasteiger partial charge in [0.1, 0.15) is 5.82 Å². The van der Waals surface area contributed by atoms with Crippen LogP contribution in [0.4, 0.5) is 0 Å². The SMILES string of the molecule is CN=C(NCC1CCC1)N(C)Cc1ncc(-c2ccccc2)[nH]1. The molecule has 122 valence electrons. The van der Waals surface area contributed by atoms with E-state index in [1.165, 1.54) is 19.3 Å². The molecule has 2 N–H and O–H groups in total. The number of hydrogen-bond donors (Lipinski definition) is 2. The van der Waals surface area contributed by atoms with Gasteiger partial charge in [-0.2, -0.15) is 0 Å². The number of guanidine groups is 1. The van der Waals surface area contributed by atoms with Crippen molar-refractivity contribution in [1.29, 1.82) is 0 Å². The lowest BCUT2D eigenvalue weighted by molar-refractivity contribution is 0.310. The van der Waals surface area contributed by atoms with E-state index in [1.54, 1.807) is 0 Å². The standard InChI is InChI=1S/C18H25N5/c1-19-18(21-11-14-7-6-8-14)23(2)13-17-20-12-16(22-17)15-9-4-3-5-10-15/h3-5,9-10,12,14H,6-8,11,13H2,1-2H3,(H,19,21)(H,20,22). The Kier molecular flexibility index (Phi) is 4.95. The van der Waals surface area contributed by atoms with Crippen LogP contribution in [-0.2, 0) is 6.54 Å². The highest BCUT2D eigenvalue weighted by molar-refractivity contribution is 5.79. The van der Waals surface area contributed by atoms with Crippen molar-refractivity contribution in [2.75, 3.05) is 20.6 Å². The first-order chi connectivity index (χ1) is 11.3. The number of aromatic amines is 1. The van der Waals surface area contributed by atoms with Gasteiger partial charge in [0.15, 0.2) is 5.96 Å². The molecule has 1 aliphatic carbocycles. The smallest absolute Gasteiger partial charge is 0.193 e. The van der Waals surface area contributed by atoms with Crippen molar-refractivity contribution in [2.45, 2.75) is 25.8 Å². The molecule has 5 nitrogen and oxygen atoms in total. The maximum Gasteiger partial charge on any atom is 0.193 e. The molecule has 0 spiro atoms. The fraction of sp³-hybridized carbons (Fsp3) is 0.444. The number of aromatic nitrogens is 2. The van der Waals surface area contributed by atoms with Gasteiger partial charge < -0.3 is 15.2 Å². The Balaban J connectivity index is 1.58. The molecule has 1 fully saturated rings. The maximum absolute atomic E-state index is 4.49. The minimum Gasteiger partial charge on any atom is -0.356 e. The summed E-state index contributed by atoms with van der Waals surface area (Å²) in [7, 11) is 3.87. The summed E-state index contributed by atoms with van der Waals surface area (Å²) >= 11 is 0. The van der Waals surface area contributed by atoms with Crippen LogP contribution >= 0.6 is 0 Å². The molecule has 1 saturated carbocycles. The second-order valence-electron chi connectivity index (χ2n) is 6.19. The van der Waals surface area contributed by atoms with Crippen LogP contribution in [0.15, 0.2) is 41.5 Å². The molecule has 1 aliphatic rings. The molecule has 0 bridgehead atoms. The van der Waals surface area contributed by atoms with Crippen molar-refractivity contribution in [1.82, 2.24) is 20.2 Å². The number of benzene rings is 1. The van der Waals surface area contributed by atoms with Gasteiger partial charge in [-0.25, -0.2) is 4.98 Å². The number of imidazole rings is 1. The lowest BCUT2D eigenvalue weighted by atomic mass is 9.85. The Morgan fingerprint density at radius 1 is 1.35 bits per heavy atom. The molecule has 1 aromatic heterocycles. The fourth-order valence-corrected chi connectivity index (χ4v) is 2.82. The van der Waals surface area contributed by atoms with E-state index in [4.69, 9.17) is 0 Å². The van der Waals surface area contributed by atoms with Gasteiger partial charge in [-0.1, -0.05) is 36.8 Å². The molecule has 0 unspecified atom stereocenters. The summed E-state index contributed by atoms with van der Waals surface area (Å²) in [5.74, 6) is 2.68. The first-order valence-electron chi connectivity index (χ1n) is 8.27. The lowest BCUT2D eigenvalue weighted by Crippen LogP contribution is -2.41. The number of hydrogen-bond acceptors (Lipinski definition) is 2. The van der Waals surface area contributed by atoms with Gasteiger partial charge in [-0.15, -0.1) is 0 Å². The quantitative estimate of drug-likeness (QED) is 0.659. The molecule has 23 heavy (non-hydrogen) atoms. The Labute approximate surface area is 137 Å². The lowest BCUT2D eigenvalue weighted by Gasteiger charge is -2.28. The van der Waals surface area contributed by atoms with E-state index >= 15 is 0 Å². The van der Waals surface area contributed by atoms with E-state index in [9.17, 15) is 0 Å². The monoisotopic (exact) mass is 311 g/mol. The van der Waals surface area contributed by atoms with E-state index in [-0.39, 0.29) is 0 Å². The summed E-state index contributed by atoms with van der Waals surface area (Å²) in [6, 6.07) is 10.3. The van der Waals surface area contributed by atoms with Crippen LogP contribution in [0.25, 0.3) is 11.3 Å². The molecule has 1 aromatic carbocycles. The average Bonchev–Trinajstić information content (AvgIpc) is 2.99. The molecule has 2 aromatic rings. The van der Waals surface area contributed by atoms with Crippen LogP contribution in [0.5, 0.6) is 0 Å². The van der Waals surface area contributed by atoms with Crippen LogP contribution in [0.3, 0.4) is 0 Å². The summed E-state index contributed by atoms with van der Waals surface area (Å²) in [4.78, 5) is 14.4. The second kappa shape index (κ2) is 7.31. The highest BCUT2D eigenvalue weighted by Gasteiger charge is 2.18. The molecule has 0 saturated heterocycles. The largest absolute Gasteiger partial charge is 0.356 e. The van der Waals surface area contributed by atoms with Crippen LogP contribution in [0.2, 0.25) is 0 Å². The predicted octanol–water partition coefficient (Wildman–Crippen LogP) is 2.88. The third-order valence-electron chi connectivity index (χ3n) is 4.45. The van der Waals surface area contributed by atoms with Gasteiger partial charge in [0.2, 0.25) is 0 Å². The highest BCUT2D eigenvalue weighted by Crippen LogP contribution is 2.25. The predicted molar refractivity (Wildman–Crippen MR) is 94.2 cm³/mol. The third-order valence-corrected chi connectivity index (χ3v) is 4.45. The summed E-state index contributed by atoms with van der Waals surface area (Å²) in [6.07, 6.45) is 5.94. The van der Waals surface area contributed by atoms with E-state index in [0.29, 0.717) is 6.54 Å². The van der Waals surface area contributed by atoms with Crippen LogP contribution in [-0.4, -0.2) is 41.5 Å². The van der Waals surface area contributed by atoms with Crippen molar-refractivity contribution in [3.63, 3.8) is 0 Å². The highest BCUT2D eigenvalue weighted by atomic mass is 15.3. The Hall–Kier alpha value is -2.30. The zero-order valence-corrected chi connectivity index (χ0v) is 13.9. The Bertz CT molecular complexity index is 642. The fourth-order valence-electron chi connectivity index (χ4n) is 2.82. The topological polar surface area (TPSA) is 56.3 Å². The summed E-state index contributed by atoms with van der Waals surface area (Å²) in [5, 5.41) is 3.46. The molecular formula is C18H25N5. The Morgan fingerprint density at radius 2 is 2.13 bits per heavy atom. The van der Waals surface area contributed by atoms with E-state index in [0.717, 1.165) is 35.5 Å². The number of H-pyrrole nitrogens is 1. The van der Waals surface area contributed by atoms with Crippen molar-refractivity contribution >= 4 is 5.96 Å². The zero-order valence-electron chi connectivity index (χ0n) is 13.9. The van der Waals surface area contributed by atoms with Gasteiger partial charge in [0, 0.05) is 20.6 Å². The summed E-state index contributed by atoms with van der Waals surface area (Å²) in [5.41, 5.74) is 2.20. The van der Waals surface area contributed by atoms with Crippen molar-refractivity contribution in [3.8, 4) is 11.3 Å². The van der Waals surface area contributed by atoms with Crippen LogP contribution in [0, 0.1) is 5.92 Å². The first kappa shape index (κ1) is 15.6. The number of nitrogens with zero attached hydrogens (tertiary/aromatic N) is 3. The molecule has 5 heteroatoms. The molecule has 0 amide bonds. The number of rotatable bonds is 5. The first-order valence-corrected chi connectivity index (χ1v) is 8.27. The Morgan fingerprint density at radius 3 is 2.78 bits per heavy atom. The maximum atomic E-state index is 4.49. The van der Waals surface area contributed by atoms with Crippen molar-refractivity contribution in [2.24, 2.45) is 10.9 Å². The molecular weight excluding hydrogens is 286 g/mol. The van der Waals surface area contributed by atoms with E-state index in [1.807, 2.05) is 38.5 Å². The van der Waals surface area contributed by atoms with Gasteiger partial charge in [-0.05, 0) is 24.3 Å². The molecule has 0 radical (unpaired) electrons. The number of aliphatic imine (C=N–C) groups is 1.